The predicted octanol–water partition coefficient (Wildman–Crippen LogP) is 2.68. The van der Waals surface area contributed by atoms with E-state index >= 15 is 0 Å². The van der Waals surface area contributed by atoms with E-state index in [0.29, 0.717) is 0 Å². The normalized spacial score (nSPS) is 12.2. The molecule has 8 heteroatoms. The molecule has 24 heavy (non-hydrogen) atoms. The minimum Gasteiger partial charge on any atom is -0.481 e. The highest BCUT2D eigenvalue weighted by Gasteiger charge is 2.18. The third kappa shape index (κ3) is 4.05. The summed E-state index contributed by atoms with van der Waals surface area (Å²) in [5.41, 5.74) is 1.88. The van der Waals surface area contributed by atoms with Gasteiger partial charge in [-0.15, -0.1) is 0 Å². The third-order valence-electron chi connectivity index (χ3n) is 3.82. The first-order valence-corrected chi connectivity index (χ1v) is 8.49. The lowest BCUT2D eigenvalue weighted by molar-refractivity contribution is -0.141. The third-order valence-corrected chi connectivity index (χ3v) is 4.31. The molecule has 1 unspecified atom stereocenters. The summed E-state index contributed by atoms with van der Waals surface area (Å²) in [5.74, 6) is -0.773. The quantitative estimate of drug-likeness (QED) is 0.785. The number of aromatic nitrogens is 2. The first-order valence-electron chi connectivity index (χ1n) is 7.70. The van der Waals surface area contributed by atoms with E-state index in [1.807, 2.05) is 29.7 Å². The van der Waals surface area contributed by atoms with Crippen molar-refractivity contribution in [2.75, 3.05) is 13.6 Å². The molecule has 130 valence electrons. The Morgan fingerprint density at radius 3 is 2.79 bits per heavy atom. The molecular weight excluding hydrogens is 376 g/mol. The number of benzene rings is 1. The van der Waals surface area contributed by atoms with Crippen LogP contribution in [0.1, 0.15) is 19.7 Å². The number of fused-ring (bicyclic) bond motifs is 1. The van der Waals surface area contributed by atoms with E-state index in [1.165, 1.54) is 4.90 Å². The molecule has 0 aliphatic rings. The molecule has 2 rings (SSSR count). The van der Waals surface area contributed by atoms with E-state index in [0.717, 1.165) is 27.9 Å². The predicted molar refractivity (Wildman–Crippen MR) is 94.8 cm³/mol. The highest BCUT2D eigenvalue weighted by molar-refractivity contribution is 9.10. The van der Waals surface area contributed by atoms with Gasteiger partial charge in [0.05, 0.1) is 23.5 Å². The molecule has 1 aromatic heterocycles. The number of nitrogens with zero attached hydrogens (tertiary/aromatic N) is 3. The summed E-state index contributed by atoms with van der Waals surface area (Å²) in [5, 5.41) is 11.7. The van der Waals surface area contributed by atoms with E-state index in [9.17, 15) is 9.59 Å². The Kier molecular flexibility index (Phi) is 5.82. The maximum atomic E-state index is 12.1. The van der Waals surface area contributed by atoms with Crippen LogP contribution in [0.5, 0.6) is 0 Å². The lowest BCUT2D eigenvalue weighted by atomic mass is 10.2. The highest BCUT2D eigenvalue weighted by atomic mass is 79.9. The van der Waals surface area contributed by atoms with Crippen LogP contribution in [-0.4, -0.2) is 45.2 Å². The Morgan fingerprint density at radius 1 is 1.46 bits per heavy atom. The molecule has 1 heterocycles. The number of carboxylic acids is 1. The van der Waals surface area contributed by atoms with Gasteiger partial charge in [0.1, 0.15) is 5.82 Å². The molecule has 2 N–H and O–H groups in total. The van der Waals surface area contributed by atoms with E-state index in [1.54, 1.807) is 14.0 Å². The van der Waals surface area contributed by atoms with Gasteiger partial charge >= 0.3 is 12.0 Å². The van der Waals surface area contributed by atoms with Crippen LogP contribution in [0.2, 0.25) is 0 Å². The van der Waals surface area contributed by atoms with E-state index in [4.69, 9.17) is 5.11 Å². The Labute approximate surface area is 148 Å². The second-order valence-electron chi connectivity index (χ2n) is 5.68. The summed E-state index contributed by atoms with van der Waals surface area (Å²) in [7, 11) is 1.58. The number of aliphatic carboxylic acids is 1. The molecule has 2 aromatic rings. The number of halogens is 1. The molecule has 0 spiro atoms. The summed E-state index contributed by atoms with van der Waals surface area (Å²) in [6.45, 7) is 4.77. The molecule has 0 saturated carbocycles. The van der Waals surface area contributed by atoms with Crippen LogP contribution in [0.3, 0.4) is 0 Å². The number of carbonyl (C=O) groups is 2. The lowest BCUT2D eigenvalue weighted by Crippen LogP contribution is -2.40. The number of amides is 2. The summed E-state index contributed by atoms with van der Waals surface area (Å²) in [4.78, 5) is 28.9. The molecular formula is C16H21BrN4O3. The molecule has 0 fully saturated rings. The lowest BCUT2D eigenvalue weighted by Gasteiger charge is -2.20. The molecule has 0 saturated heterocycles. The zero-order valence-electron chi connectivity index (χ0n) is 13.9. The van der Waals surface area contributed by atoms with Crippen LogP contribution in [0, 0.1) is 5.92 Å². The summed E-state index contributed by atoms with van der Waals surface area (Å²) in [6.07, 6.45) is 0. The Hall–Kier alpha value is -2.09. The van der Waals surface area contributed by atoms with E-state index in [2.05, 4.69) is 26.2 Å². The van der Waals surface area contributed by atoms with Crippen LogP contribution in [-0.2, 0) is 17.9 Å². The molecule has 1 atom stereocenters. The van der Waals surface area contributed by atoms with Gasteiger partial charge in [-0.1, -0.05) is 22.9 Å². The number of carboxylic acid groups (broad SMARTS) is 1. The van der Waals surface area contributed by atoms with Crippen molar-refractivity contribution in [3.63, 3.8) is 0 Å². The number of carbonyl (C=O) groups excluding carboxylic acids is 1. The van der Waals surface area contributed by atoms with Gasteiger partial charge in [0, 0.05) is 24.6 Å². The number of nitrogens with one attached hydrogen (secondary N) is 1. The molecule has 0 radical (unpaired) electrons. The highest BCUT2D eigenvalue weighted by Crippen LogP contribution is 2.21. The monoisotopic (exact) mass is 396 g/mol. The van der Waals surface area contributed by atoms with Gasteiger partial charge in [-0.05, 0) is 25.1 Å². The molecule has 7 nitrogen and oxygen atoms in total. The molecule has 0 bridgehead atoms. The van der Waals surface area contributed by atoms with Crippen molar-refractivity contribution in [1.82, 2.24) is 19.8 Å². The number of aryl methyl sites for hydroxylation is 1. The maximum Gasteiger partial charge on any atom is 0.317 e. The fraction of sp³-hybridized carbons (Fsp3) is 0.438. The Morgan fingerprint density at radius 2 is 2.17 bits per heavy atom. The van der Waals surface area contributed by atoms with Gasteiger partial charge in [0.25, 0.3) is 0 Å². The van der Waals surface area contributed by atoms with Crippen LogP contribution in [0.25, 0.3) is 11.0 Å². The van der Waals surface area contributed by atoms with Crippen molar-refractivity contribution in [3.8, 4) is 0 Å². The smallest absolute Gasteiger partial charge is 0.317 e. The van der Waals surface area contributed by atoms with Crippen LogP contribution in [0.15, 0.2) is 22.7 Å². The van der Waals surface area contributed by atoms with Crippen molar-refractivity contribution in [2.45, 2.75) is 26.9 Å². The van der Waals surface area contributed by atoms with E-state index < -0.39 is 11.9 Å². The molecule has 0 aliphatic carbocycles. The summed E-state index contributed by atoms with van der Waals surface area (Å²) >= 11 is 3.43. The van der Waals surface area contributed by atoms with Crippen LogP contribution in [0.4, 0.5) is 4.79 Å². The van der Waals surface area contributed by atoms with Crippen molar-refractivity contribution in [3.05, 3.63) is 28.5 Å². The van der Waals surface area contributed by atoms with Gasteiger partial charge in [-0.25, -0.2) is 9.78 Å². The zero-order valence-corrected chi connectivity index (χ0v) is 15.5. The van der Waals surface area contributed by atoms with Crippen LogP contribution >= 0.6 is 15.9 Å². The second-order valence-corrected chi connectivity index (χ2v) is 6.60. The summed E-state index contributed by atoms with van der Waals surface area (Å²) < 4.78 is 3.00. The first-order chi connectivity index (χ1) is 11.3. The van der Waals surface area contributed by atoms with Gasteiger partial charge in [0.2, 0.25) is 0 Å². The maximum absolute atomic E-state index is 12.1. The molecule has 2 amide bonds. The Bertz CT molecular complexity index is 759. The molecule has 0 aliphatic heterocycles. The number of urea groups is 1. The number of rotatable bonds is 6. The average molecular weight is 397 g/mol. The number of hydrogen-bond donors (Lipinski definition) is 2. The van der Waals surface area contributed by atoms with Gasteiger partial charge < -0.3 is 19.9 Å². The SMILES string of the molecule is CCn1c(CNC(=O)N(C)CC(C)C(=O)O)nc2cc(Br)ccc21. The first kappa shape index (κ1) is 18.3. The van der Waals surface area contributed by atoms with Crippen molar-refractivity contribution in [1.29, 1.82) is 0 Å². The van der Waals surface area contributed by atoms with Gasteiger partial charge in [-0.3, -0.25) is 4.79 Å². The Balaban J connectivity index is 2.07. The van der Waals surface area contributed by atoms with Crippen molar-refractivity contribution >= 4 is 39.0 Å². The van der Waals surface area contributed by atoms with E-state index in [-0.39, 0.29) is 19.1 Å². The van der Waals surface area contributed by atoms with Crippen molar-refractivity contribution in [2.24, 2.45) is 5.92 Å². The largest absolute Gasteiger partial charge is 0.481 e. The summed E-state index contributed by atoms with van der Waals surface area (Å²) in [6, 6.07) is 5.56. The van der Waals surface area contributed by atoms with Gasteiger partial charge in [-0.2, -0.15) is 0 Å². The van der Waals surface area contributed by atoms with Crippen molar-refractivity contribution < 1.29 is 14.7 Å². The van der Waals surface area contributed by atoms with Crippen LogP contribution < -0.4 is 5.32 Å². The number of hydrogen-bond acceptors (Lipinski definition) is 3. The topological polar surface area (TPSA) is 87.5 Å². The molecule has 1 aromatic carbocycles. The second kappa shape index (κ2) is 7.65. The average Bonchev–Trinajstić information content (AvgIpc) is 2.88. The fourth-order valence-electron chi connectivity index (χ4n) is 2.50. The minimum atomic E-state index is -0.923. The standard InChI is InChI=1S/C16H21BrN4O3/c1-4-21-13-6-5-11(17)7-12(13)19-14(21)8-18-16(24)20(3)9-10(2)15(22)23/h5-7,10H,4,8-9H2,1-3H3,(H,18,24)(H,22,23). The minimum absolute atomic E-state index is 0.151. The number of imidazole rings is 1. The van der Waals surface area contributed by atoms with Gasteiger partial charge in [0.15, 0.2) is 0 Å². The zero-order chi connectivity index (χ0) is 17.9. The fourth-order valence-corrected chi connectivity index (χ4v) is 2.85.